The molecule has 2 rings (SSSR count). The topological polar surface area (TPSA) is 97.5 Å². The van der Waals surface area contributed by atoms with Gasteiger partial charge in [0.05, 0.1) is 4.90 Å². The third-order valence-electron chi connectivity index (χ3n) is 2.88. The normalized spacial score (nSPS) is 14.4. The third-order valence-corrected chi connectivity index (χ3v) is 4.18. The van der Waals surface area contributed by atoms with E-state index in [-0.39, 0.29) is 16.0 Å². The molecule has 7 heteroatoms. The Morgan fingerprint density at radius 1 is 1.10 bits per heavy atom. The van der Waals surface area contributed by atoms with Crippen LogP contribution in [0.5, 0.6) is 0 Å². The number of sulfonamides is 1. The summed E-state index contributed by atoms with van der Waals surface area (Å²) in [4.78, 5) is 12.0. The number of halogens is 1. The minimum Gasteiger partial charge on any atom is -0.365 e. The van der Waals surface area contributed by atoms with E-state index in [4.69, 9.17) is 16.7 Å². The van der Waals surface area contributed by atoms with Crippen LogP contribution in [-0.4, -0.2) is 19.3 Å². The number of carbonyl (C=O) groups is 1. The fourth-order valence-corrected chi connectivity index (χ4v) is 2.58. The summed E-state index contributed by atoms with van der Waals surface area (Å²) in [6.45, 7) is 0. The summed E-state index contributed by atoms with van der Waals surface area (Å²) in [6.07, 6.45) is 0. The molecule has 0 aliphatic heterocycles. The Labute approximate surface area is 127 Å². The van der Waals surface area contributed by atoms with Gasteiger partial charge in [0.15, 0.2) is 0 Å². The Balaban J connectivity index is 2.47. The van der Waals surface area contributed by atoms with Crippen molar-refractivity contribution in [2.45, 2.75) is 9.96 Å². The zero-order chi connectivity index (χ0) is 15.7. The number of aliphatic hydroxyl groups is 1. The van der Waals surface area contributed by atoms with Crippen LogP contribution in [0.4, 0.5) is 0 Å². The van der Waals surface area contributed by atoms with Crippen molar-refractivity contribution in [1.82, 2.24) is 0 Å². The van der Waals surface area contributed by atoms with E-state index >= 15 is 0 Å². The van der Waals surface area contributed by atoms with E-state index in [1.807, 2.05) is 0 Å². The summed E-state index contributed by atoms with van der Waals surface area (Å²) in [7, 11) is -3.96. The number of hydrogen-bond acceptors (Lipinski definition) is 4. The lowest BCUT2D eigenvalue weighted by Crippen LogP contribution is -2.30. The molecule has 0 spiro atoms. The van der Waals surface area contributed by atoms with Gasteiger partial charge in [0.1, 0.15) is 0 Å². The summed E-state index contributed by atoms with van der Waals surface area (Å²) in [5.74, 6) is -0.753. The predicted octanol–water partition coefficient (Wildman–Crippen LogP) is 1.60. The molecule has 21 heavy (non-hydrogen) atoms. The van der Waals surface area contributed by atoms with Crippen molar-refractivity contribution in [3.63, 3.8) is 0 Å². The quantitative estimate of drug-likeness (QED) is 0.659. The van der Waals surface area contributed by atoms with Crippen molar-refractivity contribution >= 4 is 27.4 Å². The Morgan fingerprint density at radius 3 is 2.29 bits per heavy atom. The van der Waals surface area contributed by atoms with E-state index in [1.54, 1.807) is 18.2 Å². The van der Waals surface area contributed by atoms with Crippen LogP contribution in [0.2, 0.25) is 0 Å². The van der Waals surface area contributed by atoms with E-state index in [2.05, 4.69) is 0 Å². The molecular formula is C14H12ClNO4S. The minimum absolute atomic E-state index is 0.0652. The number of benzene rings is 2. The first-order valence-corrected chi connectivity index (χ1v) is 7.80. The van der Waals surface area contributed by atoms with Crippen LogP contribution in [0.15, 0.2) is 59.5 Å². The summed E-state index contributed by atoms with van der Waals surface area (Å²) >= 11 is 5.94. The van der Waals surface area contributed by atoms with Crippen molar-refractivity contribution in [1.29, 1.82) is 0 Å². The van der Waals surface area contributed by atoms with Crippen LogP contribution in [-0.2, 0) is 15.1 Å². The van der Waals surface area contributed by atoms with Gasteiger partial charge in [-0.05, 0) is 12.1 Å². The molecule has 0 bridgehead atoms. The fraction of sp³-hybridized carbons (Fsp3) is 0.0714. The maximum Gasteiger partial charge on any atom is 0.238 e. The predicted molar refractivity (Wildman–Crippen MR) is 78.3 cm³/mol. The van der Waals surface area contributed by atoms with Crippen molar-refractivity contribution in [3.05, 3.63) is 65.7 Å². The molecule has 0 saturated carbocycles. The summed E-state index contributed by atoms with van der Waals surface area (Å²) in [6, 6.07) is 13.0. The standard InChI is InChI=1S/C14H12ClNO4S/c15-14(18,13(17)10-5-2-1-3-6-10)11-7-4-8-12(9-11)21(16,19)20/h1-9,18H,(H2,16,19,20). The second-order valence-corrected chi connectivity index (χ2v) is 6.50. The maximum absolute atomic E-state index is 12.3. The van der Waals surface area contributed by atoms with Gasteiger partial charge in [0.2, 0.25) is 20.9 Å². The van der Waals surface area contributed by atoms with E-state index in [0.717, 1.165) is 6.07 Å². The highest BCUT2D eigenvalue weighted by Crippen LogP contribution is 2.31. The largest absolute Gasteiger partial charge is 0.365 e. The molecule has 0 aliphatic carbocycles. The average Bonchev–Trinajstić information content (AvgIpc) is 2.46. The molecule has 0 aromatic heterocycles. The lowest BCUT2D eigenvalue weighted by atomic mass is 9.99. The van der Waals surface area contributed by atoms with Crippen LogP contribution in [0.25, 0.3) is 0 Å². The van der Waals surface area contributed by atoms with Crippen LogP contribution in [0.1, 0.15) is 15.9 Å². The van der Waals surface area contributed by atoms with Gasteiger partial charge in [-0.25, -0.2) is 13.6 Å². The number of Topliss-reactive ketones (excluding diaryl/α,β-unsaturated/α-hetero) is 1. The lowest BCUT2D eigenvalue weighted by Gasteiger charge is -2.20. The number of ketones is 1. The molecule has 1 unspecified atom stereocenters. The minimum atomic E-state index is -3.96. The molecule has 0 amide bonds. The van der Waals surface area contributed by atoms with Crippen LogP contribution in [0.3, 0.4) is 0 Å². The van der Waals surface area contributed by atoms with E-state index in [1.165, 1.54) is 30.3 Å². The second kappa shape index (κ2) is 5.57. The zero-order valence-electron chi connectivity index (χ0n) is 10.7. The number of carbonyl (C=O) groups excluding carboxylic acids is 1. The second-order valence-electron chi connectivity index (χ2n) is 4.39. The van der Waals surface area contributed by atoms with Crippen molar-refractivity contribution in [2.24, 2.45) is 5.14 Å². The highest BCUT2D eigenvalue weighted by Gasteiger charge is 2.36. The van der Waals surface area contributed by atoms with Crippen molar-refractivity contribution < 1.29 is 18.3 Å². The van der Waals surface area contributed by atoms with E-state index in [9.17, 15) is 18.3 Å². The molecule has 110 valence electrons. The Hall–Kier alpha value is -1.73. The van der Waals surface area contributed by atoms with Crippen LogP contribution in [0, 0.1) is 0 Å². The molecular weight excluding hydrogens is 314 g/mol. The molecule has 5 nitrogen and oxygen atoms in total. The molecule has 1 atom stereocenters. The van der Waals surface area contributed by atoms with Crippen LogP contribution < -0.4 is 5.14 Å². The zero-order valence-corrected chi connectivity index (χ0v) is 12.3. The molecule has 2 aromatic carbocycles. The van der Waals surface area contributed by atoms with Gasteiger partial charge < -0.3 is 5.11 Å². The molecule has 0 aliphatic rings. The number of alkyl halides is 1. The first-order chi connectivity index (χ1) is 9.73. The fourth-order valence-electron chi connectivity index (χ4n) is 1.79. The highest BCUT2D eigenvalue weighted by atomic mass is 35.5. The maximum atomic E-state index is 12.3. The Kier molecular flexibility index (Phi) is 4.15. The van der Waals surface area contributed by atoms with Gasteiger partial charge in [-0.3, -0.25) is 4.79 Å². The van der Waals surface area contributed by atoms with Gasteiger partial charge in [0, 0.05) is 11.1 Å². The molecule has 0 fully saturated rings. The smallest absolute Gasteiger partial charge is 0.238 e. The van der Waals surface area contributed by atoms with Gasteiger partial charge >= 0.3 is 0 Å². The van der Waals surface area contributed by atoms with Gasteiger partial charge in [-0.2, -0.15) is 0 Å². The molecule has 0 saturated heterocycles. The average molecular weight is 326 g/mol. The monoisotopic (exact) mass is 325 g/mol. The van der Waals surface area contributed by atoms with Crippen LogP contribution >= 0.6 is 11.6 Å². The SMILES string of the molecule is NS(=O)(=O)c1cccc(C(O)(Cl)C(=O)c2ccccc2)c1. The molecule has 0 heterocycles. The van der Waals surface area contributed by atoms with Gasteiger partial charge in [0.25, 0.3) is 0 Å². The third kappa shape index (κ3) is 3.30. The number of nitrogens with two attached hydrogens (primary N) is 1. The van der Waals surface area contributed by atoms with E-state index < -0.39 is 20.9 Å². The molecule has 2 aromatic rings. The van der Waals surface area contributed by atoms with Gasteiger partial charge in [-0.1, -0.05) is 54.1 Å². The first-order valence-electron chi connectivity index (χ1n) is 5.87. The highest BCUT2D eigenvalue weighted by molar-refractivity contribution is 7.89. The first kappa shape index (κ1) is 15.7. The Morgan fingerprint density at radius 2 is 1.71 bits per heavy atom. The summed E-state index contributed by atoms with van der Waals surface area (Å²) in [5, 5.41) is 12.9. The molecule has 3 N–H and O–H groups in total. The number of primary sulfonamides is 1. The Bertz CT molecular complexity index is 773. The lowest BCUT2D eigenvalue weighted by molar-refractivity contribution is 0.0635. The van der Waals surface area contributed by atoms with Crippen molar-refractivity contribution in [2.75, 3.05) is 0 Å². The number of rotatable bonds is 4. The summed E-state index contributed by atoms with van der Waals surface area (Å²) < 4.78 is 22.6. The number of hydrogen-bond donors (Lipinski definition) is 2. The van der Waals surface area contributed by atoms with Gasteiger partial charge in [-0.15, -0.1) is 0 Å². The van der Waals surface area contributed by atoms with Crippen molar-refractivity contribution in [3.8, 4) is 0 Å². The summed E-state index contributed by atoms with van der Waals surface area (Å²) in [5.41, 5.74) is 0.139. The van der Waals surface area contributed by atoms with E-state index in [0.29, 0.717) is 0 Å². The molecule has 0 radical (unpaired) electrons.